The molecule has 0 spiro atoms. The molecule has 0 radical (unpaired) electrons. The number of nitrogens with zero attached hydrogens (tertiary/aromatic N) is 2. The lowest BCUT2D eigenvalue weighted by molar-refractivity contribution is 0.199. The van der Waals surface area contributed by atoms with E-state index in [1.54, 1.807) is 7.11 Å². The Balaban J connectivity index is 1.76. The second-order valence-electron chi connectivity index (χ2n) is 4.81. The third-order valence-electron chi connectivity index (χ3n) is 3.15. The highest BCUT2D eigenvalue weighted by atomic mass is 16.5. The summed E-state index contributed by atoms with van der Waals surface area (Å²) in [5, 5.41) is 7.54. The summed E-state index contributed by atoms with van der Waals surface area (Å²) in [6.07, 6.45) is 3.85. The Morgan fingerprint density at radius 3 is 2.67 bits per heavy atom. The van der Waals surface area contributed by atoms with Gasteiger partial charge in [-0.25, -0.2) is 0 Å². The SMILES string of the molecule is CCn1cc(COc2ccc(CNCCOC)cc2)cn1. The van der Waals surface area contributed by atoms with Gasteiger partial charge in [0.1, 0.15) is 12.4 Å². The Morgan fingerprint density at radius 2 is 2.00 bits per heavy atom. The number of ether oxygens (including phenoxy) is 2. The number of nitrogens with one attached hydrogen (secondary N) is 1. The maximum atomic E-state index is 5.75. The van der Waals surface area contributed by atoms with Gasteiger partial charge in [-0.05, 0) is 24.6 Å². The fourth-order valence-electron chi connectivity index (χ4n) is 1.93. The Bertz CT molecular complexity index is 523. The maximum Gasteiger partial charge on any atom is 0.119 e. The highest BCUT2D eigenvalue weighted by Gasteiger charge is 2.00. The van der Waals surface area contributed by atoms with Crippen LogP contribution >= 0.6 is 0 Å². The first-order valence-electron chi connectivity index (χ1n) is 7.24. The largest absolute Gasteiger partial charge is 0.489 e. The number of rotatable bonds is 9. The van der Waals surface area contributed by atoms with Crippen LogP contribution in [0.3, 0.4) is 0 Å². The fraction of sp³-hybridized carbons (Fsp3) is 0.438. The van der Waals surface area contributed by atoms with Gasteiger partial charge in [0.05, 0.1) is 12.8 Å². The number of aryl methyl sites for hydroxylation is 1. The minimum Gasteiger partial charge on any atom is -0.489 e. The van der Waals surface area contributed by atoms with E-state index in [0.29, 0.717) is 6.61 Å². The minimum atomic E-state index is 0.547. The second kappa shape index (κ2) is 8.44. The lowest BCUT2D eigenvalue weighted by Crippen LogP contribution is -2.18. The zero-order valence-corrected chi connectivity index (χ0v) is 12.7. The molecular formula is C16H23N3O2. The minimum absolute atomic E-state index is 0.547. The molecule has 114 valence electrons. The number of aromatic nitrogens is 2. The van der Waals surface area contributed by atoms with E-state index in [9.17, 15) is 0 Å². The second-order valence-corrected chi connectivity index (χ2v) is 4.81. The van der Waals surface area contributed by atoms with E-state index in [1.807, 2.05) is 29.2 Å². The van der Waals surface area contributed by atoms with Gasteiger partial charge in [-0.1, -0.05) is 12.1 Å². The van der Waals surface area contributed by atoms with Gasteiger partial charge >= 0.3 is 0 Å². The average molecular weight is 289 g/mol. The molecule has 0 saturated heterocycles. The Kier molecular flexibility index (Phi) is 6.24. The maximum absolute atomic E-state index is 5.75. The molecule has 1 aromatic carbocycles. The van der Waals surface area contributed by atoms with Gasteiger partial charge in [-0.3, -0.25) is 4.68 Å². The molecule has 1 N–H and O–H groups in total. The van der Waals surface area contributed by atoms with E-state index in [-0.39, 0.29) is 0 Å². The van der Waals surface area contributed by atoms with Crippen molar-refractivity contribution in [2.24, 2.45) is 0 Å². The van der Waals surface area contributed by atoms with Crippen molar-refractivity contribution in [2.75, 3.05) is 20.3 Å². The first kappa shape index (κ1) is 15.5. The summed E-state index contributed by atoms with van der Waals surface area (Å²) in [5.41, 5.74) is 2.32. The Morgan fingerprint density at radius 1 is 1.19 bits per heavy atom. The number of hydrogen-bond acceptors (Lipinski definition) is 4. The van der Waals surface area contributed by atoms with Gasteiger partial charge in [0, 0.05) is 38.5 Å². The normalized spacial score (nSPS) is 10.8. The predicted octanol–water partition coefficient (Wildman–Crippen LogP) is 2.22. The number of hydrogen-bond donors (Lipinski definition) is 1. The molecule has 0 bridgehead atoms. The molecule has 0 aliphatic heterocycles. The van der Waals surface area contributed by atoms with E-state index in [4.69, 9.17) is 9.47 Å². The van der Waals surface area contributed by atoms with Crippen LogP contribution in [0.15, 0.2) is 36.7 Å². The topological polar surface area (TPSA) is 48.3 Å². The molecule has 5 nitrogen and oxygen atoms in total. The zero-order valence-electron chi connectivity index (χ0n) is 12.7. The lowest BCUT2D eigenvalue weighted by atomic mass is 10.2. The van der Waals surface area contributed by atoms with Crippen LogP contribution in [-0.2, 0) is 24.4 Å². The first-order chi connectivity index (χ1) is 10.3. The van der Waals surface area contributed by atoms with Crippen molar-refractivity contribution >= 4 is 0 Å². The van der Waals surface area contributed by atoms with Crippen molar-refractivity contribution in [3.8, 4) is 5.75 Å². The number of benzene rings is 1. The van der Waals surface area contributed by atoms with Crippen molar-refractivity contribution in [3.05, 3.63) is 47.8 Å². The standard InChI is InChI=1S/C16H23N3O2/c1-3-19-12-15(11-18-19)13-21-16-6-4-14(5-7-16)10-17-8-9-20-2/h4-7,11-12,17H,3,8-10,13H2,1-2H3. The first-order valence-corrected chi connectivity index (χ1v) is 7.24. The third-order valence-corrected chi connectivity index (χ3v) is 3.15. The van der Waals surface area contributed by atoms with Crippen molar-refractivity contribution in [1.29, 1.82) is 0 Å². The van der Waals surface area contributed by atoms with Gasteiger partial charge in [-0.15, -0.1) is 0 Å². The summed E-state index contributed by atoms with van der Waals surface area (Å²) in [4.78, 5) is 0. The molecule has 1 aromatic heterocycles. The van der Waals surface area contributed by atoms with Crippen molar-refractivity contribution in [2.45, 2.75) is 26.6 Å². The Labute approximate surface area is 125 Å². The van der Waals surface area contributed by atoms with Crippen molar-refractivity contribution in [3.63, 3.8) is 0 Å². The van der Waals surface area contributed by atoms with Crippen LogP contribution < -0.4 is 10.1 Å². The van der Waals surface area contributed by atoms with Crippen LogP contribution in [-0.4, -0.2) is 30.0 Å². The molecule has 21 heavy (non-hydrogen) atoms. The van der Waals surface area contributed by atoms with E-state index in [2.05, 4.69) is 29.5 Å². The van der Waals surface area contributed by atoms with Gasteiger partial charge in [0.25, 0.3) is 0 Å². The molecule has 0 atom stereocenters. The smallest absolute Gasteiger partial charge is 0.119 e. The predicted molar refractivity (Wildman–Crippen MR) is 82.3 cm³/mol. The summed E-state index contributed by atoms with van der Waals surface area (Å²) in [7, 11) is 1.71. The van der Waals surface area contributed by atoms with Gasteiger partial charge in [0.15, 0.2) is 0 Å². The zero-order chi connectivity index (χ0) is 14.9. The molecule has 1 heterocycles. The van der Waals surface area contributed by atoms with E-state index >= 15 is 0 Å². The molecule has 2 rings (SSSR count). The van der Waals surface area contributed by atoms with Crippen molar-refractivity contribution in [1.82, 2.24) is 15.1 Å². The van der Waals surface area contributed by atoms with Gasteiger partial charge in [-0.2, -0.15) is 5.10 Å². The highest BCUT2D eigenvalue weighted by Crippen LogP contribution is 2.14. The molecule has 0 saturated carbocycles. The quantitative estimate of drug-likeness (QED) is 0.719. The lowest BCUT2D eigenvalue weighted by Gasteiger charge is -2.07. The summed E-state index contributed by atoms with van der Waals surface area (Å²) in [6.45, 7) is 5.92. The van der Waals surface area contributed by atoms with E-state index in [0.717, 1.165) is 37.6 Å². The monoisotopic (exact) mass is 289 g/mol. The van der Waals surface area contributed by atoms with E-state index < -0.39 is 0 Å². The molecule has 0 aliphatic carbocycles. The van der Waals surface area contributed by atoms with E-state index in [1.165, 1.54) is 5.56 Å². The van der Waals surface area contributed by atoms with Crippen LogP contribution in [0.5, 0.6) is 5.75 Å². The van der Waals surface area contributed by atoms with Crippen LogP contribution in [0, 0.1) is 0 Å². The fourth-order valence-corrected chi connectivity index (χ4v) is 1.93. The summed E-state index contributed by atoms with van der Waals surface area (Å²) in [5.74, 6) is 0.875. The molecule has 0 aliphatic rings. The van der Waals surface area contributed by atoms with Gasteiger partial charge < -0.3 is 14.8 Å². The van der Waals surface area contributed by atoms with Crippen LogP contribution in [0.4, 0.5) is 0 Å². The summed E-state index contributed by atoms with van der Waals surface area (Å²) < 4.78 is 12.6. The molecule has 2 aromatic rings. The summed E-state index contributed by atoms with van der Waals surface area (Å²) in [6, 6.07) is 8.14. The number of methoxy groups -OCH3 is 1. The highest BCUT2D eigenvalue weighted by molar-refractivity contribution is 5.27. The van der Waals surface area contributed by atoms with Crippen LogP contribution in [0.2, 0.25) is 0 Å². The molecule has 0 amide bonds. The van der Waals surface area contributed by atoms with Crippen LogP contribution in [0.1, 0.15) is 18.1 Å². The van der Waals surface area contributed by atoms with Crippen molar-refractivity contribution < 1.29 is 9.47 Å². The molecular weight excluding hydrogens is 266 g/mol. The van der Waals surface area contributed by atoms with Crippen LogP contribution in [0.25, 0.3) is 0 Å². The Hall–Kier alpha value is -1.85. The molecule has 0 fully saturated rings. The summed E-state index contributed by atoms with van der Waals surface area (Å²) >= 11 is 0. The van der Waals surface area contributed by atoms with Gasteiger partial charge in [0.2, 0.25) is 0 Å². The third kappa shape index (κ3) is 5.21. The average Bonchev–Trinajstić information content (AvgIpc) is 2.99. The molecule has 0 unspecified atom stereocenters. The molecule has 5 heteroatoms.